The van der Waals surface area contributed by atoms with E-state index < -0.39 is 10.0 Å². The number of fused-ring (bicyclic) bond motifs is 2. The smallest absolute Gasteiger partial charge is 0.240 e. The van der Waals surface area contributed by atoms with E-state index >= 15 is 0 Å². The fourth-order valence-corrected chi connectivity index (χ4v) is 4.60. The number of ether oxygens (including phenoxy) is 2. The molecule has 0 saturated heterocycles. The van der Waals surface area contributed by atoms with Gasteiger partial charge in [0.05, 0.1) is 4.90 Å². The maximum absolute atomic E-state index is 12.7. The standard InChI is InChI=1S/C20H22N2O5S/c1-14(23)22-8-2-3-16-12-17(5-6-18(16)22)28(24,25)21-13-15-4-7-19-20(11-15)27-10-9-26-19/h4-7,11-12,21H,2-3,8-10,13H2,1H3. The number of carbonyl (C=O) groups excluding carboxylic acids is 1. The molecule has 0 aliphatic carbocycles. The number of rotatable bonds is 4. The van der Waals surface area contributed by atoms with Crippen LogP contribution in [-0.4, -0.2) is 34.1 Å². The number of carbonyl (C=O) groups is 1. The third-order valence-electron chi connectivity index (χ3n) is 4.93. The van der Waals surface area contributed by atoms with Crippen LogP contribution >= 0.6 is 0 Å². The number of aryl methyl sites for hydroxylation is 1. The molecule has 0 saturated carbocycles. The lowest BCUT2D eigenvalue weighted by Crippen LogP contribution is -2.33. The van der Waals surface area contributed by atoms with Crippen LogP contribution in [0, 0.1) is 0 Å². The monoisotopic (exact) mass is 402 g/mol. The number of nitrogens with zero attached hydrogens (tertiary/aromatic N) is 1. The Bertz CT molecular complexity index is 1020. The van der Waals surface area contributed by atoms with Gasteiger partial charge in [0.25, 0.3) is 0 Å². The van der Waals surface area contributed by atoms with Gasteiger partial charge < -0.3 is 14.4 Å². The fraction of sp³-hybridized carbons (Fsp3) is 0.350. The Balaban J connectivity index is 1.52. The lowest BCUT2D eigenvalue weighted by molar-refractivity contribution is -0.116. The van der Waals surface area contributed by atoms with Crippen molar-refractivity contribution in [1.82, 2.24) is 4.72 Å². The molecule has 0 spiro atoms. The summed E-state index contributed by atoms with van der Waals surface area (Å²) in [6.45, 7) is 3.33. The molecule has 2 aromatic carbocycles. The molecule has 0 fully saturated rings. The van der Waals surface area contributed by atoms with E-state index in [4.69, 9.17) is 9.47 Å². The van der Waals surface area contributed by atoms with Crippen LogP contribution in [0.25, 0.3) is 0 Å². The van der Waals surface area contributed by atoms with Gasteiger partial charge in [0, 0.05) is 25.7 Å². The van der Waals surface area contributed by atoms with Crippen molar-refractivity contribution in [3.63, 3.8) is 0 Å². The van der Waals surface area contributed by atoms with Gasteiger partial charge in [0.2, 0.25) is 15.9 Å². The minimum Gasteiger partial charge on any atom is -0.486 e. The lowest BCUT2D eigenvalue weighted by atomic mass is 10.0. The summed E-state index contributed by atoms with van der Waals surface area (Å²) in [5, 5.41) is 0. The molecule has 0 aromatic heterocycles. The summed E-state index contributed by atoms with van der Waals surface area (Å²) >= 11 is 0. The maximum Gasteiger partial charge on any atom is 0.240 e. The molecule has 8 heteroatoms. The van der Waals surface area contributed by atoms with Crippen molar-refractivity contribution in [1.29, 1.82) is 0 Å². The SMILES string of the molecule is CC(=O)N1CCCc2cc(S(=O)(=O)NCc3ccc4c(c3)OCCO4)ccc21. The first kappa shape index (κ1) is 18.8. The Kier molecular flexibility index (Phi) is 4.99. The molecule has 2 heterocycles. The van der Waals surface area contributed by atoms with Crippen molar-refractivity contribution in [3.8, 4) is 11.5 Å². The molecule has 7 nitrogen and oxygen atoms in total. The van der Waals surface area contributed by atoms with E-state index in [2.05, 4.69) is 4.72 Å². The zero-order valence-corrected chi connectivity index (χ0v) is 16.4. The second-order valence-electron chi connectivity index (χ2n) is 6.87. The van der Waals surface area contributed by atoms with Crippen LogP contribution < -0.4 is 19.1 Å². The minimum atomic E-state index is -3.68. The van der Waals surface area contributed by atoms with E-state index in [0.29, 0.717) is 31.3 Å². The zero-order chi connectivity index (χ0) is 19.7. The van der Waals surface area contributed by atoms with Crippen LogP contribution in [0.1, 0.15) is 24.5 Å². The average Bonchev–Trinajstić information content (AvgIpc) is 2.71. The highest BCUT2D eigenvalue weighted by Gasteiger charge is 2.23. The van der Waals surface area contributed by atoms with Crippen LogP contribution in [0.15, 0.2) is 41.3 Å². The van der Waals surface area contributed by atoms with Crippen molar-refractivity contribution in [2.75, 3.05) is 24.7 Å². The van der Waals surface area contributed by atoms with Gasteiger partial charge >= 0.3 is 0 Å². The molecule has 2 aliphatic rings. The third kappa shape index (κ3) is 3.70. The first-order valence-electron chi connectivity index (χ1n) is 9.23. The zero-order valence-electron chi connectivity index (χ0n) is 15.6. The highest BCUT2D eigenvalue weighted by molar-refractivity contribution is 7.89. The van der Waals surface area contributed by atoms with Crippen molar-refractivity contribution >= 4 is 21.6 Å². The Morgan fingerprint density at radius 1 is 1.11 bits per heavy atom. The Morgan fingerprint density at radius 2 is 1.89 bits per heavy atom. The molecular formula is C20H22N2O5S. The van der Waals surface area contributed by atoms with Crippen LogP contribution in [0.4, 0.5) is 5.69 Å². The van der Waals surface area contributed by atoms with Crippen molar-refractivity contribution in [2.45, 2.75) is 31.2 Å². The lowest BCUT2D eigenvalue weighted by Gasteiger charge is -2.28. The summed E-state index contributed by atoms with van der Waals surface area (Å²) < 4.78 is 39.1. The second kappa shape index (κ2) is 7.44. The van der Waals surface area contributed by atoms with Gasteiger partial charge in [-0.1, -0.05) is 6.07 Å². The molecule has 2 aromatic rings. The van der Waals surface area contributed by atoms with Crippen LogP contribution in [0.5, 0.6) is 11.5 Å². The Hall–Kier alpha value is -2.58. The number of nitrogens with one attached hydrogen (secondary N) is 1. The van der Waals surface area contributed by atoms with Crippen LogP contribution in [0.2, 0.25) is 0 Å². The molecule has 0 bridgehead atoms. The Labute approximate surface area is 164 Å². The summed E-state index contributed by atoms with van der Waals surface area (Å²) in [7, 11) is -3.68. The maximum atomic E-state index is 12.7. The molecule has 0 radical (unpaired) electrons. The van der Waals surface area contributed by atoms with Gasteiger partial charge in [0.1, 0.15) is 13.2 Å². The van der Waals surface area contributed by atoms with E-state index in [1.807, 2.05) is 6.07 Å². The summed E-state index contributed by atoms with van der Waals surface area (Å²) in [6, 6.07) is 10.3. The summed E-state index contributed by atoms with van der Waals surface area (Å²) in [5.41, 5.74) is 2.46. The normalized spacial score (nSPS) is 15.8. The molecular weight excluding hydrogens is 380 g/mol. The number of hydrogen-bond donors (Lipinski definition) is 1. The van der Waals surface area contributed by atoms with E-state index in [1.54, 1.807) is 35.2 Å². The van der Waals surface area contributed by atoms with E-state index in [0.717, 1.165) is 29.7 Å². The second-order valence-corrected chi connectivity index (χ2v) is 8.63. The quantitative estimate of drug-likeness (QED) is 0.848. The summed E-state index contributed by atoms with van der Waals surface area (Å²) in [5.74, 6) is 1.26. The predicted octanol–water partition coefficient (Wildman–Crippen LogP) is 2.24. The van der Waals surface area contributed by atoms with Crippen molar-refractivity contribution in [2.24, 2.45) is 0 Å². The minimum absolute atomic E-state index is 0.0340. The van der Waals surface area contributed by atoms with Gasteiger partial charge in [-0.2, -0.15) is 0 Å². The Morgan fingerprint density at radius 3 is 2.68 bits per heavy atom. The van der Waals surface area contributed by atoms with E-state index in [1.165, 1.54) is 6.92 Å². The summed E-state index contributed by atoms with van der Waals surface area (Å²) in [4.78, 5) is 13.7. The number of sulfonamides is 1. The van der Waals surface area contributed by atoms with Crippen LogP contribution in [0.3, 0.4) is 0 Å². The number of anilines is 1. The first-order valence-corrected chi connectivity index (χ1v) is 10.7. The number of hydrogen-bond acceptors (Lipinski definition) is 5. The van der Waals surface area contributed by atoms with E-state index in [-0.39, 0.29) is 17.3 Å². The number of benzene rings is 2. The van der Waals surface area contributed by atoms with Gasteiger partial charge in [-0.3, -0.25) is 4.79 Å². The third-order valence-corrected chi connectivity index (χ3v) is 6.33. The van der Waals surface area contributed by atoms with Gasteiger partial charge in [-0.15, -0.1) is 0 Å². The molecule has 28 heavy (non-hydrogen) atoms. The van der Waals surface area contributed by atoms with Gasteiger partial charge in [-0.05, 0) is 54.3 Å². The largest absolute Gasteiger partial charge is 0.486 e. The molecule has 148 valence electrons. The molecule has 2 aliphatic heterocycles. The predicted molar refractivity (Wildman–Crippen MR) is 104 cm³/mol. The molecule has 4 rings (SSSR count). The molecule has 0 unspecified atom stereocenters. The fourth-order valence-electron chi connectivity index (χ4n) is 3.53. The highest BCUT2D eigenvalue weighted by atomic mass is 32.2. The van der Waals surface area contributed by atoms with Crippen molar-refractivity contribution in [3.05, 3.63) is 47.5 Å². The van der Waals surface area contributed by atoms with Crippen molar-refractivity contribution < 1.29 is 22.7 Å². The highest BCUT2D eigenvalue weighted by Crippen LogP contribution is 2.31. The molecule has 1 amide bonds. The molecule has 0 atom stereocenters. The number of amides is 1. The van der Waals surface area contributed by atoms with Gasteiger partial charge in [0.15, 0.2) is 11.5 Å². The van der Waals surface area contributed by atoms with Gasteiger partial charge in [-0.25, -0.2) is 13.1 Å². The summed E-state index contributed by atoms with van der Waals surface area (Å²) in [6.07, 6.45) is 1.57. The average molecular weight is 402 g/mol. The molecule has 1 N–H and O–H groups in total. The first-order chi connectivity index (χ1) is 13.4. The van der Waals surface area contributed by atoms with E-state index in [9.17, 15) is 13.2 Å². The van der Waals surface area contributed by atoms with Crippen LogP contribution in [-0.2, 0) is 27.8 Å². The topological polar surface area (TPSA) is 84.9 Å².